The zero-order valence-electron chi connectivity index (χ0n) is 19.1. The van der Waals surface area contributed by atoms with Gasteiger partial charge in [-0.1, -0.05) is 13.0 Å². The van der Waals surface area contributed by atoms with Gasteiger partial charge in [-0.2, -0.15) is 13.2 Å². The van der Waals surface area contributed by atoms with Crippen LogP contribution in [0, 0.1) is 17.5 Å². The van der Waals surface area contributed by atoms with Gasteiger partial charge in [-0.25, -0.2) is 18.2 Å². The minimum Gasteiger partial charge on any atom is -0.389 e. The number of nitrogens with zero attached hydrogens (tertiary/aromatic N) is 3. The van der Waals surface area contributed by atoms with Crippen LogP contribution in [0.3, 0.4) is 0 Å². The first kappa shape index (κ1) is 26.4. The van der Waals surface area contributed by atoms with Gasteiger partial charge in [0.05, 0.1) is 17.6 Å². The molecule has 0 radical (unpaired) electrons. The summed E-state index contributed by atoms with van der Waals surface area (Å²) in [6.07, 6.45) is -7.26. The van der Waals surface area contributed by atoms with Crippen molar-refractivity contribution in [3.63, 3.8) is 0 Å². The number of amides is 1. The van der Waals surface area contributed by atoms with Crippen LogP contribution in [0.25, 0.3) is 16.7 Å². The van der Waals surface area contributed by atoms with Gasteiger partial charge in [0.2, 0.25) is 5.43 Å². The Morgan fingerprint density at radius 2 is 1.73 bits per heavy atom. The minimum absolute atomic E-state index is 0.245. The fourth-order valence-corrected chi connectivity index (χ4v) is 4.08. The second kappa shape index (κ2) is 9.67. The normalized spacial score (nSPS) is 18.9. The zero-order chi connectivity index (χ0) is 27.2. The molecule has 1 saturated heterocycles. The first-order valence-corrected chi connectivity index (χ1v) is 11.0. The van der Waals surface area contributed by atoms with Crippen LogP contribution in [-0.4, -0.2) is 63.2 Å². The summed E-state index contributed by atoms with van der Waals surface area (Å²) < 4.78 is 84.8. The van der Waals surface area contributed by atoms with Gasteiger partial charge in [-0.3, -0.25) is 14.2 Å². The second-order valence-electron chi connectivity index (χ2n) is 8.49. The van der Waals surface area contributed by atoms with Crippen LogP contribution in [0.4, 0.5) is 32.2 Å². The van der Waals surface area contributed by atoms with Crippen LogP contribution in [-0.2, 0) is 0 Å². The molecule has 3 atom stereocenters. The molecule has 3 N–H and O–H groups in total. The molecule has 1 aliphatic heterocycles. The lowest BCUT2D eigenvalue weighted by Gasteiger charge is -2.21. The molecule has 198 valence electrons. The highest BCUT2D eigenvalue weighted by molar-refractivity contribution is 5.97. The number of nitrogens with one attached hydrogen (secondary N) is 1. The molecule has 3 heterocycles. The van der Waals surface area contributed by atoms with E-state index in [1.54, 1.807) is 5.32 Å². The maximum absolute atomic E-state index is 15.0. The molecule has 1 unspecified atom stereocenters. The first-order valence-electron chi connectivity index (χ1n) is 11.0. The third-order valence-electron chi connectivity index (χ3n) is 6.00. The molecule has 3 aromatic rings. The Bertz CT molecular complexity index is 1400. The number of alkyl halides is 3. The molecule has 37 heavy (non-hydrogen) atoms. The van der Waals surface area contributed by atoms with Crippen molar-refractivity contribution in [1.82, 2.24) is 14.9 Å². The number of anilines is 1. The number of rotatable bonds is 5. The van der Waals surface area contributed by atoms with E-state index in [4.69, 9.17) is 0 Å². The third kappa shape index (κ3) is 4.85. The number of benzene rings is 1. The van der Waals surface area contributed by atoms with Gasteiger partial charge in [0.1, 0.15) is 28.9 Å². The van der Waals surface area contributed by atoms with Gasteiger partial charge in [0, 0.05) is 19.3 Å². The number of aromatic nitrogens is 2. The maximum atomic E-state index is 15.0. The van der Waals surface area contributed by atoms with E-state index in [9.17, 15) is 41.8 Å². The van der Waals surface area contributed by atoms with E-state index in [-0.39, 0.29) is 13.1 Å². The molecule has 0 bridgehead atoms. The lowest BCUT2D eigenvalue weighted by molar-refractivity contribution is -0.153. The molecule has 14 heteroatoms. The molecule has 1 fully saturated rings. The van der Waals surface area contributed by atoms with Crippen molar-refractivity contribution in [2.45, 2.75) is 37.8 Å². The van der Waals surface area contributed by atoms with Crippen molar-refractivity contribution in [3.05, 3.63) is 63.7 Å². The van der Waals surface area contributed by atoms with Crippen LogP contribution < -0.4 is 15.6 Å². The molecule has 1 amide bonds. The van der Waals surface area contributed by atoms with Crippen LogP contribution in [0.2, 0.25) is 0 Å². The number of carbonyl (C=O) groups is 1. The number of hydrogen-bond acceptors (Lipinski definition) is 6. The molecule has 0 spiro atoms. The maximum Gasteiger partial charge on any atom is 0.408 e. The van der Waals surface area contributed by atoms with Crippen molar-refractivity contribution < 1.29 is 41.4 Å². The summed E-state index contributed by atoms with van der Waals surface area (Å²) in [5.74, 6) is -5.42. The molecule has 4 rings (SSSR count). The van der Waals surface area contributed by atoms with Gasteiger partial charge >= 0.3 is 6.18 Å². The fraction of sp³-hybridized carbons (Fsp3) is 0.348. The highest BCUT2D eigenvalue weighted by atomic mass is 19.4. The fourth-order valence-electron chi connectivity index (χ4n) is 4.08. The van der Waals surface area contributed by atoms with Gasteiger partial charge in [-0.05, 0) is 24.6 Å². The molecule has 1 aliphatic rings. The minimum atomic E-state index is -4.84. The predicted molar refractivity (Wildman–Crippen MR) is 119 cm³/mol. The molecule has 8 nitrogen and oxygen atoms in total. The van der Waals surface area contributed by atoms with Gasteiger partial charge in [-0.15, -0.1) is 0 Å². The predicted octanol–water partition coefficient (Wildman–Crippen LogP) is 2.42. The van der Waals surface area contributed by atoms with E-state index in [2.05, 4.69) is 4.98 Å². The van der Waals surface area contributed by atoms with Crippen LogP contribution in [0.1, 0.15) is 23.7 Å². The number of aliphatic hydroxyl groups excluding tert-OH is 2. The monoisotopic (exact) mass is 530 g/mol. The topological polar surface area (TPSA) is 108 Å². The molecule has 2 aromatic heterocycles. The Morgan fingerprint density at radius 3 is 2.27 bits per heavy atom. The summed E-state index contributed by atoms with van der Waals surface area (Å²) in [5, 5.41) is 20.7. The summed E-state index contributed by atoms with van der Waals surface area (Å²) in [6.45, 7) is 0.662. The quantitative estimate of drug-likeness (QED) is 0.438. The van der Waals surface area contributed by atoms with E-state index in [0.717, 1.165) is 30.0 Å². The Hall–Kier alpha value is -3.65. The summed E-state index contributed by atoms with van der Waals surface area (Å²) in [4.78, 5) is 31.0. The standard InChI is InChI=1S/C23H20F6N4O4/c1-2-17(23(27,28)29)30-22(37)11-7-33(18-12(24)4-3-5-13(18)25)20-10(19(11)36)6-14(26)21(31-20)32-8-15(34)16(35)9-32/h3-7,15-17,34-35H,2,8-9H2,1H3,(H,30,37)/t15-,16-,17?/m1/s1. The van der Waals surface area contributed by atoms with E-state index in [0.29, 0.717) is 16.8 Å². The Morgan fingerprint density at radius 1 is 1.14 bits per heavy atom. The number of carbonyl (C=O) groups excluding carboxylic acids is 1. The van der Waals surface area contributed by atoms with E-state index >= 15 is 4.39 Å². The average Bonchev–Trinajstić information content (AvgIpc) is 3.15. The molecule has 0 saturated carbocycles. The number of β-amino-alcohol motifs (C(OH)–C–C–N with tert-alkyl or cyclic N) is 2. The average molecular weight is 530 g/mol. The smallest absolute Gasteiger partial charge is 0.389 e. The number of para-hydroxylation sites is 1. The lowest BCUT2D eigenvalue weighted by atomic mass is 10.1. The summed E-state index contributed by atoms with van der Waals surface area (Å²) in [6, 6.07) is 1.06. The molecule has 1 aromatic carbocycles. The number of pyridine rings is 2. The van der Waals surface area contributed by atoms with Crippen LogP contribution >= 0.6 is 0 Å². The van der Waals surface area contributed by atoms with Crippen molar-refractivity contribution in [2.24, 2.45) is 0 Å². The van der Waals surface area contributed by atoms with Crippen LogP contribution in [0.5, 0.6) is 0 Å². The second-order valence-corrected chi connectivity index (χ2v) is 8.49. The number of hydrogen-bond donors (Lipinski definition) is 3. The number of halogens is 6. The van der Waals surface area contributed by atoms with Crippen molar-refractivity contribution in [1.29, 1.82) is 0 Å². The third-order valence-corrected chi connectivity index (χ3v) is 6.00. The van der Waals surface area contributed by atoms with E-state index in [1.165, 1.54) is 0 Å². The molecular weight excluding hydrogens is 510 g/mol. The Kier molecular flexibility index (Phi) is 6.90. The van der Waals surface area contributed by atoms with Crippen molar-refractivity contribution in [2.75, 3.05) is 18.0 Å². The SMILES string of the molecule is CCC(NC(=O)c1cn(-c2c(F)cccc2F)c2nc(N3C[C@@H](O)[C@H](O)C3)c(F)cc2c1=O)C(F)(F)F. The highest BCUT2D eigenvalue weighted by Gasteiger charge is 2.40. The number of aliphatic hydroxyl groups is 2. The molecule has 0 aliphatic carbocycles. The van der Waals surface area contributed by atoms with Crippen molar-refractivity contribution in [3.8, 4) is 5.69 Å². The van der Waals surface area contributed by atoms with E-state index in [1.807, 2.05) is 0 Å². The van der Waals surface area contributed by atoms with Gasteiger partial charge in [0.15, 0.2) is 17.3 Å². The Labute approximate surface area is 204 Å². The van der Waals surface area contributed by atoms with E-state index < -0.39 is 87.7 Å². The van der Waals surface area contributed by atoms with Gasteiger partial charge in [0.25, 0.3) is 5.91 Å². The van der Waals surface area contributed by atoms with Crippen LogP contribution in [0.15, 0.2) is 35.3 Å². The largest absolute Gasteiger partial charge is 0.408 e. The Balaban J connectivity index is 1.97. The first-order chi connectivity index (χ1) is 17.3. The summed E-state index contributed by atoms with van der Waals surface area (Å²) in [7, 11) is 0. The lowest BCUT2D eigenvalue weighted by Crippen LogP contribution is -2.46. The summed E-state index contributed by atoms with van der Waals surface area (Å²) >= 11 is 0. The summed E-state index contributed by atoms with van der Waals surface area (Å²) in [5.41, 5.74) is -3.49. The molecular formula is C23H20F6N4O4. The number of fused-ring (bicyclic) bond motifs is 1. The zero-order valence-corrected chi connectivity index (χ0v) is 19.1. The van der Waals surface area contributed by atoms with Gasteiger partial charge < -0.3 is 20.4 Å². The van der Waals surface area contributed by atoms with Crippen molar-refractivity contribution >= 4 is 22.8 Å². The highest BCUT2D eigenvalue weighted by Crippen LogP contribution is 2.28.